The van der Waals surface area contributed by atoms with E-state index in [-0.39, 0.29) is 5.69 Å². The van der Waals surface area contributed by atoms with Crippen molar-refractivity contribution in [3.05, 3.63) is 66.0 Å². The number of hydrogen-bond donors (Lipinski definition) is 1. The molecule has 0 saturated carbocycles. The summed E-state index contributed by atoms with van der Waals surface area (Å²) in [5.74, 6) is -0.990. The maximum atomic E-state index is 10.1. The summed E-state index contributed by atoms with van der Waals surface area (Å²) in [4.78, 5) is 23.7. The van der Waals surface area contributed by atoms with Gasteiger partial charge in [-0.1, -0.05) is 36.4 Å². The van der Waals surface area contributed by atoms with E-state index >= 15 is 0 Å². The fraction of sp³-hybridized carbons (Fsp3) is 0. The van der Waals surface area contributed by atoms with E-state index in [1.807, 2.05) is 18.2 Å². The Morgan fingerprint density at radius 3 is 2.06 bits per heavy atom. The van der Waals surface area contributed by atoms with Crippen molar-refractivity contribution in [3.63, 3.8) is 0 Å². The molecule has 0 aliphatic heterocycles. The Morgan fingerprint density at radius 1 is 1.06 bits per heavy atom. The second-order valence-corrected chi connectivity index (χ2v) is 3.05. The van der Waals surface area contributed by atoms with Crippen molar-refractivity contribution in [1.82, 2.24) is 4.98 Å². The van der Waals surface area contributed by atoms with Gasteiger partial charge in [0.05, 0.1) is 0 Å². The molecule has 0 saturated heterocycles. The van der Waals surface area contributed by atoms with E-state index in [9.17, 15) is 9.59 Å². The molecule has 86 valence electrons. The number of carboxylic acid groups (broad SMARTS) is 1. The van der Waals surface area contributed by atoms with Crippen molar-refractivity contribution in [2.24, 2.45) is 0 Å². The Kier molecular flexibility index (Phi) is 5.10. The average Bonchev–Trinajstić information content (AvgIpc) is 2.41. The van der Waals surface area contributed by atoms with Gasteiger partial charge in [0.1, 0.15) is 12.0 Å². The van der Waals surface area contributed by atoms with E-state index in [4.69, 9.17) is 5.11 Å². The standard InChI is InChI=1S/C7H6O.C6H5NO2/c8-6-7-4-2-1-3-5-7;8-6(9)5-3-1-2-4-7-5/h1-6H;1-4H,(H,8,9). The van der Waals surface area contributed by atoms with E-state index in [0.29, 0.717) is 0 Å². The molecule has 4 heteroatoms. The Hall–Kier alpha value is -2.49. The minimum Gasteiger partial charge on any atom is -0.477 e. The summed E-state index contributed by atoms with van der Waals surface area (Å²) < 4.78 is 0. The first kappa shape index (κ1) is 12.6. The SMILES string of the molecule is O=C(O)c1ccccn1.O=Cc1ccccc1. The van der Waals surface area contributed by atoms with Crippen LogP contribution in [-0.2, 0) is 0 Å². The van der Waals surface area contributed by atoms with Gasteiger partial charge in [-0.05, 0) is 12.1 Å². The van der Waals surface area contributed by atoms with Gasteiger partial charge in [0.2, 0.25) is 0 Å². The van der Waals surface area contributed by atoms with Gasteiger partial charge in [0.25, 0.3) is 0 Å². The van der Waals surface area contributed by atoms with Crippen molar-refractivity contribution < 1.29 is 14.7 Å². The second kappa shape index (κ2) is 6.90. The molecule has 0 spiro atoms. The summed E-state index contributed by atoms with van der Waals surface area (Å²) in [6.45, 7) is 0. The van der Waals surface area contributed by atoms with Crippen LogP contribution in [0.15, 0.2) is 54.7 Å². The van der Waals surface area contributed by atoms with Crippen LogP contribution in [0, 0.1) is 0 Å². The summed E-state index contributed by atoms with van der Waals surface area (Å²) in [7, 11) is 0. The lowest BCUT2D eigenvalue weighted by Gasteiger charge is -1.87. The molecule has 0 amide bonds. The molecule has 0 radical (unpaired) electrons. The number of aromatic carboxylic acids is 1. The number of benzene rings is 1. The second-order valence-electron chi connectivity index (χ2n) is 3.05. The minimum atomic E-state index is -0.990. The van der Waals surface area contributed by atoms with E-state index < -0.39 is 5.97 Å². The van der Waals surface area contributed by atoms with Crippen LogP contribution < -0.4 is 0 Å². The Balaban J connectivity index is 0.000000171. The molecule has 1 aromatic carbocycles. The number of aldehydes is 1. The predicted octanol–water partition coefficient (Wildman–Crippen LogP) is 2.28. The quantitative estimate of drug-likeness (QED) is 0.802. The molecule has 0 unspecified atom stereocenters. The fourth-order valence-electron chi connectivity index (χ4n) is 1.02. The van der Waals surface area contributed by atoms with Crippen LogP contribution in [0.5, 0.6) is 0 Å². The monoisotopic (exact) mass is 229 g/mol. The number of carboxylic acids is 1. The first-order valence-corrected chi connectivity index (χ1v) is 4.88. The third-order valence-electron chi connectivity index (χ3n) is 1.82. The van der Waals surface area contributed by atoms with Crippen molar-refractivity contribution in [1.29, 1.82) is 0 Å². The van der Waals surface area contributed by atoms with Gasteiger partial charge in [-0.25, -0.2) is 9.78 Å². The zero-order valence-corrected chi connectivity index (χ0v) is 8.98. The number of carbonyl (C=O) groups is 2. The highest BCUT2D eigenvalue weighted by Crippen LogP contribution is 1.91. The molecule has 2 aromatic rings. The molecule has 0 aliphatic carbocycles. The van der Waals surface area contributed by atoms with Crippen LogP contribution in [0.1, 0.15) is 20.8 Å². The van der Waals surface area contributed by atoms with Gasteiger partial charge < -0.3 is 5.11 Å². The molecule has 2 rings (SSSR count). The topological polar surface area (TPSA) is 67.3 Å². The molecule has 0 fully saturated rings. The molecule has 4 nitrogen and oxygen atoms in total. The maximum Gasteiger partial charge on any atom is 0.354 e. The lowest BCUT2D eigenvalue weighted by atomic mass is 10.2. The van der Waals surface area contributed by atoms with Crippen LogP contribution in [0.4, 0.5) is 0 Å². The molecule has 0 atom stereocenters. The van der Waals surface area contributed by atoms with Gasteiger partial charge >= 0.3 is 5.97 Å². The van der Waals surface area contributed by atoms with Crippen LogP contribution >= 0.6 is 0 Å². The highest BCUT2D eigenvalue weighted by Gasteiger charge is 1.98. The summed E-state index contributed by atoms with van der Waals surface area (Å²) in [5.41, 5.74) is 0.810. The molecular weight excluding hydrogens is 218 g/mol. The van der Waals surface area contributed by atoms with Crippen molar-refractivity contribution in [3.8, 4) is 0 Å². The first-order valence-electron chi connectivity index (χ1n) is 4.88. The largest absolute Gasteiger partial charge is 0.477 e. The van der Waals surface area contributed by atoms with Gasteiger partial charge in [-0.3, -0.25) is 4.79 Å². The van der Waals surface area contributed by atoms with Crippen LogP contribution in [0.25, 0.3) is 0 Å². The third kappa shape index (κ3) is 4.70. The van der Waals surface area contributed by atoms with E-state index in [2.05, 4.69) is 4.98 Å². The smallest absolute Gasteiger partial charge is 0.354 e. The average molecular weight is 229 g/mol. The van der Waals surface area contributed by atoms with Crippen LogP contribution in [0.3, 0.4) is 0 Å². The van der Waals surface area contributed by atoms with Gasteiger partial charge in [-0.2, -0.15) is 0 Å². The Labute approximate surface area is 98.6 Å². The Bertz CT molecular complexity index is 469. The number of nitrogens with zero attached hydrogens (tertiary/aromatic N) is 1. The number of aromatic nitrogens is 1. The van der Waals surface area contributed by atoms with Crippen LogP contribution in [-0.4, -0.2) is 22.3 Å². The number of rotatable bonds is 2. The number of pyridine rings is 1. The molecule has 0 aliphatic rings. The number of carbonyl (C=O) groups excluding carboxylic acids is 1. The van der Waals surface area contributed by atoms with Crippen molar-refractivity contribution in [2.45, 2.75) is 0 Å². The van der Waals surface area contributed by atoms with Gasteiger partial charge in [-0.15, -0.1) is 0 Å². The fourth-order valence-corrected chi connectivity index (χ4v) is 1.02. The normalized spacial score (nSPS) is 8.71. The number of hydrogen-bond acceptors (Lipinski definition) is 3. The molecule has 1 aromatic heterocycles. The predicted molar refractivity (Wildman–Crippen MR) is 63.0 cm³/mol. The van der Waals surface area contributed by atoms with Crippen LogP contribution in [0.2, 0.25) is 0 Å². The molecule has 1 heterocycles. The third-order valence-corrected chi connectivity index (χ3v) is 1.82. The van der Waals surface area contributed by atoms with Gasteiger partial charge in [0.15, 0.2) is 0 Å². The first-order chi connectivity index (χ1) is 8.24. The summed E-state index contributed by atoms with van der Waals surface area (Å²) in [6, 6.07) is 13.9. The lowest BCUT2D eigenvalue weighted by Crippen LogP contribution is -1.97. The molecule has 0 bridgehead atoms. The highest BCUT2D eigenvalue weighted by molar-refractivity contribution is 5.85. The minimum absolute atomic E-state index is 0.0810. The zero-order chi connectivity index (χ0) is 12.5. The van der Waals surface area contributed by atoms with Crippen molar-refractivity contribution in [2.75, 3.05) is 0 Å². The van der Waals surface area contributed by atoms with E-state index in [1.165, 1.54) is 12.3 Å². The highest BCUT2D eigenvalue weighted by atomic mass is 16.4. The summed E-state index contributed by atoms with van der Waals surface area (Å²) in [5, 5.41) is 8.32. The molecular formula is C13H11NO3. The summed E-state index contributed by atoms with van der Waals surface area (Å²) >= 11 is 0. The van der Waals surface area contributed by atoms with Gasteiger partial charge in [0, 0.05) is 11.8 Å². The molecule has 17 heavy (non-hydrogen) atoms. The van der Waals surface area contributed by atoms with E-state index in [0.717, 1.165) is 11.8 Å². The summed E-state index contributed by atoms with van der Waals surface area (Å²) in [6.07, 6.45) is 2.28. The Morgan fingerprint density at radius 2 is 1.71 bits per heavy atom. The zero-order valence-electron chi connectivity index (χ0n) is 8.98. The lowest BCUT2D eigenvalue weighted by molar-refractivity contribution is 0.0690. The molecule has 1 N–H and O–H groups in total. The maximum absolute atomic E-state index is 10.1. The van der Waals surface area contributed by atoms with E-state index in [1.54, 1.807) is 24.3 Å². The van der Waals surface area contributed by atoms with Crippen molar-refractivity contribution >= 4 is 12.3 Å².